The number of aliphatic hydroxyl groups is 1. The fraction of sp³-hybridized carbons (Fsp3) is 0.368. The largest absolute Gasteiger partial charge is 0.464 e. The van der Waals surface area contributed by atoms with E-state index in [9.17, 15) is 14.7 Å². The Morgan fingerprint density at radius 3 is 2.72 bits per heavy atom. The zero-order valence-electron chi connectivity index (χ0n) is 14.5. The van der Waals surface area contributed by atoms with Crippen LogP contribution in [-0.4, -0.2) is 23.7 Å². The summed E-state index contributed by atoms with van der Waals surface area (Å²) in [6, 6.07) is 3.68. The fourth-order valence-corrected chi connectivity index (χ4v) is 2.91. The van der Waals surface area contributed by atoms with E-state index in [1.807, 2.05) is 19.9 Å². The minimum atomic E-state index is -0.600. The Labute approximate surface area is 144 Å². The van der Waals surface area contributed by atoms with Crippen LogP contribution in [0.2, 0.25) is 0 Å². The number of carbonyl (C=O) groups is 1. The number of amides is 1. The second-order valence-corrected chi connectivity index (χ2v) is 6.41. The van der Waals surface area contributed by atoms with Gasteiger partial charge in [-0.25, -0.2) is 4.79 Å². The summed E-state index contributed by atoms with van der Waals surface area (Å²) >= 11 is 0. The van der Waals surface area contributed by atoms with Gasteiger partial charge in [0.15, 0.2) is 0 Å². The second-order valence-electron chi connectivity index (χ2n) is 6.41. The van der Waals surface area contributed by atoms with Gasteiger partial charge in [-0.3, -0.25) is 4.79 Å². The van der Waals surface area contributed by atoms with E-state index in [0.29, 0.717) is 16.7 Å². The zero-order valence-corrected chi connectivity index (χ0v) is 14.5. The van der Waals surface area contributed by atoms with Crippen molar-refractivity contribution >= 4 is 27.8 Å². The summed E-state index contributed by atoms with van der Waals surface area (Å²) in [5.74, 6) is -0.207. The number of fused-ring (bicyclic) bond motifs is 2. The van der Waals surface area contributed by atoms with Crippen LogP contribution in [0.15, 0.2) is 32.0 Å². The molecular formula is C19H21NO5. The average Bonchev–Trinajstić information content (AvgIpc) is 2.91. The number of nitrogens with one attached hydrogen (secondary N) is 1. The first-order chi connectivity index (χ1) is 11.9. The van der Waals surface area contributed by atoms with Crippen molar-refractivity contribution < 1.29 is 18.7 Å². The van der Waals surface area contributed by atoms with Gasteiger partial charge in [-0.05, 0) is 44.4 Å². The molecule has 0 fully saturated rings. The van der Waals surface area contributed by atoms with Crippen LogP contribution in [0.1, 0.15) is 30.0 Å². The summed E-state index contributed by atoms with van der Waals surface area (Å²) in [5, 5.41) is 13.6. The van der Waals surface area contributed by atoms with Gasteiger partial charge in [0.1, 0.15) is 11.2 Å². The van der Waals surface area contributed by atoms with Crippen LogP contribution in [0.4, 0.5) is 0 Å². The SMILES string of the molecule is Cc1coc2cc3oc(=O)c(CCC(=O)NC[C@@H](C)O)c(C)c3cc12. The molecule has 3 aromatic rings. The lowest BCUT2D eigenvalue weighted by molar-refractivity contribution is -0.121. The maximum Gasteiger partial charge on any atom is 0.339 e. The lowest BCUT2D eigenvalue weighted by Gasteiger charge is -2.09. The zero-order chi connectivity index (χ0) is 18.1. The Bertz CT molecular complexity index is 996. The molecule has 132 valence electrons. The Morgan fingerprint density at radius 2 is 2.00 bits per heavy atom. The molecule has 3 rings (SSSR count). The first-order valence-corrected chi connectivity index (χ1v) is 8.25. The molecule has 6 nitrogen and oxygen atoms in total. The molecule has 0 saturated carbocycles. The molecule has 1 aromatic carbocycles. The van der Waals surface area contributed by atoms with Crippen molar-refractivity contribution in [2.24, 2.45) is 0 Å². The number of aryl methyl sites for hydroxylation is 2. The van der Waals surface area contributed by atoms with Gasteiger partial charge in [0, 0.05) is 35.4 Å². The number of aliphatic hydroxyl groups excluding tert-OH is 1. The second kappa shape index (κ2) is 6.72. The molecule has 1 amide bonds. The van der Waals surface area contributed by atoms with Crippen LogP contribution in [0, 0.1) is 13.8 Å². The van der Waals surface area contributed by atoms with Crippen LogP contribution in [0.5, 0.6) is 0 Å². The van der Waals surface area contributed by atoms with Crippen LogP contribution in [0.25, 0.3) is 21.9 Å². The highest BCUT2D eigenvalue weighted by molar-refractivity contribution is 5.96. The summed E-state index contributed by atoms with van der Waals surface area (Å²) in [4.78, 5) is 24.1. The maximum atomic E-state index is 12.3. The predicted octanol–water partition coefficient (Wildman–Crippen LogP) is 2.59. The van der Waals surface area contributed by atoms with Crippen LogP contribution >= 0.6 is 0 Å². The van der Waals surface area contributed by atoms with Crippen LogP contribution in [0.3, 0.4) is 0 Å². The van der Waals surface area contributed by atoms with Gasteiger partial charge in [0.2, 0.25) is 5.91 Å². The lowest BCUT2D eigenvalue weighted by atomic mass is 10.0. The monoisotopic (exact) mass is 343 g/mol. The van der Waals surface area contributed by atoms with E-state index in [1.54, 1.807) is 19.3 Å². The van der Waals surface area contributed by atoms with E-state index in [4.69, 9.17) is 8.83 Å². The molecular weight excluding hydrogens is 322 g/mol. The molecule has 0 aliphatic heterocycles. The standard InChI is InChI=1S/C19H21NO5/c1-10-9-24-16-7-17-15(6-14(10)16)12(3)13(19(23)25-17)4-5-18(22)20-8-11(2)21/h6-7,9,11,21H,4-5,8H2,1-3H3,(H,20,22)/t11-/m1/s1. The molecule has 0 spiro atoms. The van der Waals surface area contributed by atoms with Crippen molar-refractivity contribution in [3.8, 4) is 0 Å². The van der Waals surface area contributed by atoms with E-state index in [1.165, 1.54) is 0 Å². The highest BCUT2D eigenvalue weighted by Gasteiger charge is 2.15. The molecule has 0 aliphatic rings. The summed E-state index contributed by atoms with van der Waals surface area (Å²) in [7, 11) is 0. The van der Waals surface area contributed by atoms with Crippen molar-refractivity contribution in [2.45, 2.75) is 39.7 Å². The topological polar surface area (TPSA) is 92.7 Å². The third kappa shape index (κ3) is 3.44. The molecule has 25 heavy (non-hydrogen) atoms. The van der Waals surface area contributed by atoms with Crippen molar-refractivity contribution in [1.29, 1.82) is 0 Å². The number of rotatable bonds is 5. The summed E-state index contributed by atoms with van der Waals surface area (Å²) in [5.41, 5.74) is 3.05. The third-order valence-electron chi connectivity index (χ3n) is 4.37. The smallest absolute Gasteiger partial charge is 0.339 e. The van der Waals surface area contributed by atoms with E-state index < -0.39 is 11.7 Å². The number of furan rings is 1. The molecule has 0 saturated heterocycles. The molecule has 1 atom stereocenters. The van der Waals surface area contributed by atoms with E-state index >= 15 is 0 Å². The van der Waals surface area contributed by atoms with E-state index in [2.05, 4.69) is 5.32 Å². The molecule has 6 heteroatoms. The molecule has 2 N–H and O–H groups in total. The number of carbonyl (C=O) groups excluding carboxylic acids is 1. The highest BCUT2D eigenvalue weighted by Crippen LogP contribution is 2.28. The van der Waals surface area contributed by atoms with Crippen LogP contribution < -0.4 is 10.9 Å². The Balaban J connectivity index is 1.93. The van der Waals surface area contributed by atoms with Crippen LogP contribution in [-0.2, 0) is 11.2 Å². The number of hydrogen-bond acceptors (Lipinski definition) is 5. The normalized spacial score (nSPS) is 12.6. The Morgan fingerprint density at radius 1 is 1.24 bits per heavy atom. The van der Waals surface area contributed by atoms with Gasteiger partial charge >= 0.3 is 5.63 Å². The summed E-state index contributed by atoms with van der Waals surface area (Å²) in [6.07, 6.45) is 1.52. The summed E-state index contributed by atoms with van der Waals surface area (Å²) < 4.78 is 10.9. The van der Waals surface area contributed by atoms with Crippen molar-refractivity contribution in [3.63, 3.8) is 0 Å². The lowest BCUT2D eigenvalue weighted by Crippen LogP contribution is -2.31. The Hall–Kier alpha value is -2.60. The molecule has 0 bridgehead atoms. The number of hydrogen-bond donors (Lipinski definition) is 2. The molecule has 2 aromatic heterocycles. The van der Waals surface area contributed by atoms with Crippen molar-refractivity contribution in [2.75, 3.05) is 6.54 Å². The molecule has 0 unspecified atom stereocenters. The Kier molecular flexibility index (Phi) is 4.63. The summed E-state index contributed by atoms with van der Waals surface area (Å²) in [6.45, 7) is 5.62. The fourth-order valence-electron chi connectivity index (χ4n) is 2.91. The van der Waals surface area contributed by atoms with E-state index in [-0.39, 0.29) is 25.3 Å². The first kappa shape index (κ1) is 17.2. The highest BCUT2D eigenvalue weighted by atomic mass is 16.4. The van der Waals surface area contributed by atoms with E-state index in [0.717, 1.165) is 21.9 Å². The maximum absolute atomic E-state index is 12.3. The van der Waals surface area contributed by atoms with Crippen molar-refractivity contribution in [1.82, 2.24) is 5.32 Å². The molecule has 0 aliphatic carbocycles. The van der Waals surface area contributed by atoms with Gasteiger partial charge in [-0.2, -0.15) is 0 Å². The van der Waals surface area contributed by atoms with Crippen molar-refractivity contribution in [3.05, 3.63) is 45.5 Å². The van der Waals surface area contributed by atoms with Gasteiger partial charge < -0.3 is 19.3 Å². The van der Waals surface area contributed by atoms with Gasteiger partial charge in [0.05, 0.1) is 12.4 Å². The third-order valence-corrected chi connectivity index (χ3v) is 4.37. The van der Waals surface area contributed by atoms with Gasteiger partial charge in [0.25, 0.3) is 0 Å². The minimum absolute atomic E-state index is 0.164. The van der Waals surface area contributed by atoms with Gasteiger partial charge in [-0.15, -0.1) is 0 Å². The minimum Gasteiger partial charge on any atom is -0.464 e. The first-order valence-electron chi connectivity index (χ1n) is 8.25. The van der Waals surface area contributed by atoms with Gasteiger partial charge in [-0.1, -0.05) is 0 Å². The predicted molar refractivity (Wildman–Crippen MR) is 94.7 cm³/mol. The molecule has 2 heterocycles. The molecule has 0 radical (unpaired) electrons. The number of benzene rings is 1. The quantitative estimate of drug-likeness (QED) is 0.695. The average molecular weight is 343 g/mol.